The van der Waals surface area contributed by atoms with E-state index in [4.69, 9.17) is 5.73 Å². The van der Waals surface area contributed by atoms with Crippen LogP contribution in [0.25, 0.3) is 0 Å². The summed E-state index contributed by atoms with van der Waals surface area (Å²) in [5, 5.41) is 0. The molecule has 54 valence electrons. The van der Waals surface area contributed by atoms with Crippen LogP contribution in [0, 0.1) is 0 Å². The number of nitrogens with two attached hydrogens (primary N) is 1. The molecule has 0 saturated heterocycles. The SMILES string of the molecule is CSc1cc(N)cc(Br)c1. The van der Waals surface area contributed by atoms with E-state index < -0.39 is 0 Å². The first kappa shape index (κ1) is 7.95. The third kappa shape index (κ3) is 1.92. The summed E-state index contributed by atoms with van der Waals surface area (Å²) in [6, 6.07) is 5.89. The molecule has 0 spiro atoms. The lowest BCUT2D eigenvalue weighted by atomic mass is 10.3. The average molecular weight is 218 g/mol. The molecule has 0 heterocycles. The summed E-state index contributed by atoms with van der Waals surface area (Å²) in [6.45, 7) is 0. The van der Waals surface area contributed by atoms with Crippen LogP contribution in [-0.4, -0.2) is 6.26 Å². The van der Waals surface area contributed by atoms with Crippen molar-refractivity contribution in [2.45, 2.75) is 4.90 Å². The van der Waals surface area contributed by atoms with Crippen LogP contribution in [0.2, 0.25) is 0 Å². The van der Waals surface area contributed by atoms with E-state index in [-0.39, 0.29) is 0 Å². The largest absolute Gasteiger partial charge is 0.399 e. The summed E-state index contributed by atoms with van der Waals surface area (Å²) >= 11 is 5.05. The molecule has 0 aliphatic rings. The van der Waals surface area contributed by atoms with Gasteiger partial charge in [0.2, 0.25) is 0 Å². The van der Waals surface area contributed by atoms with E-state index in [1.807, 2.05) is 24.5 Å². The van der Waals surface area contributed by atoms with Gasteiger partial charge in [-0.2, -0.15) is 0 Å². The maximum Gasteiger partial charge on any atom is 0.0336 e. The lowest BCUT2D eigenvalue weighted by Gasteiger charge is -1.98. The Bertz CT molecular complexity index is 217. The van der Waals surface area contributed by atoms with E-state index in [0.29, 0.717) is 0 Å². The fourth-order valence-corrected chi connectivity index (χ4v) is 1.86. The number of anilines is 1. The molecule has 3 heteroatoms. The summed E-state index contributed by atoms with van der Waals surface area (Å²) in [5.74, 6) is 0. The van der Waals surface area contributed by atoms with E-state index in [1.54, 1.807) is 11.8 Å². The Morgan fingerprint density at radius 2 is 2.10 bits per heavy atom. The smallest absolute Gasteiger partial charge is 0.0336 e. The zero-order valence-electron chi connectivity index (χ0n) is 5.60. The Balaban J connectivity index is 3.06. The van der Waals surface area contributed by atoms with E-state index in [1.165, 1.54) is 4.90 Å². The van der Waals surface area contributed by atoms with Crippen LogP contribution >= 0.6 is 27.7 Å². The van der Waals surface area contributed by atoms with Crippen LogP contribution in [0.3, 0.4) is 0 Å². The third-order valence-corrected chi connectivity index (χ3v) is 2.29. The highest BCUT2D eigenvalue weighted by molar-refractivity contribution is 9.10. The monoisotopic (exact) mass is 217 g/mol. The Morgan fingerprint density at radius 3 is 2.60 bits per heavy atom. The zero-order chi connectivity index (χ0) is 7.56. The molecule has 1 nitrogen and oxygen atoms in total. The van der Waals surface area contributed by atoms with Gasteiger partial charge in [-0.3, -0.25) is 0 Å². The molecule has 0 aromatic heterocycles. The van der Waals surface area contributed by atoms with Gasteiger partial charge in [-0.15, -0.1) is 11.8 Å². The van der Waals surface area contributed by atoms with Gasteiger partial charge in [-0.25, -0.2) is 0 Å². The zero-order valence-corrected chi connectivity index (χ0v) is 8.00. The van der Waals surface area contributed by atoms with Crippen molar-refractivity contribution >= 4 is 33.4 Å². The predicted octanol–water partition coefficient (Wildman–Crippen LogP) is 2.75. The van der Waals surface area contributed by atoms with Crippen LogP contribution < -0.4 is 5.73 Å². The number of halogens is 1. The first-order chi connectivity index (χ1) is 4.72. The maximum atomic E-state index is 5.59. The van der Waals surface area contributed by atoms with E-state index >= 15 is 0 Å². The van der Waals surface area contributed by atoms with Gasteiger partial charge in [0.15, 0.2) is 0 Å². The second kappa shape index (κ2) is 3.30. The molecule has 1 aromatic rings. The van der Waals surface area contributed by atoms with Crippen molar-refractivity contribution in [1.29, 1.82) is 0 Å². The highest BCUT2D eigenvalue weighted by atomic mass is 79.9. The predicted molar refractivity (Wildman–Crippen MR) is 50.3 cm³/mol. The highest BCUT2D eigenvalue weighted by Gasteiger charge is 1.93. The second-order valence-corrected chi connectivity index (χ2v) is 3.72. The van der Waals surface area contributed by atoms with Crippen LogP contribution in [0.4, 0.5) is 5.69 Å². The van der Waals surface area contributed by atoms with Crippen molar-refractivity contribution in [3.05, 3.63) is 22.7 Å². The molecule has 0 fully saturated rings. The average Bonchev–Trinajstić information content (AvgIpc) is 1.85. The van der Waals surface area contributed by atoms with Gasteiger partial charge < -0.3 is 5.73 Å². The molecule has 1 rings (SSSR count). The first-order valence-corrected chi connectivity index (χ1v) is 4.84. The van der Waals surface area contributed by atoms with E-state index in [9.17, 15) is 0 Å². The molecule has 0 aliphatic carbocycles. The minimum absolute atomic E-state index is 0.804. The summed E-state index contributed by atoms with van der Waals surface area (Å²) in [6.07, 6.45) is 2.03. The van der Waals surface area contributed by atoms with Crippen LogP contribution in [-0.2, 0) is 0 Å². The molecule has 0 amide bonds. The second-order valence-electron chi connectivity index (χ2n) is 1.92. The van der Waals surface area contributed by atoms with E-state index in [2.05, 4.69) is 15.9 Å². The molecule has 0 saturated carbocycles. The van der Waals surface area contributed by atoms with Gasteiger partial charge in [0, 0.05) is 15.1 Å². The molecule has 0 atom stereocenters. The fourth-order valence-electron chi connectivity index (χ4n) is 0.702. The number of rotatable bonds is 1. The van der Waals surface area contributed by atoms with Crippen LogP contribution in [0.1, 0.15) is 0 Å². The number of benzene rings is 1. The van der Waals surface area contributed by atoms with Gasteiger partial charge in [0.1, 0.15) is 0 Å². The summed E-state index contributed by atoms with van der Waals surface area (Å²) in [7, 11) is 0. The Hall–Kier alpha value is -0.150. The van der Waals surface area contributed by atoms with Crippen molar-refractivity contribution < 1.29 is 0 Å². The maximum absolute atomic E-state index is 5.59. The summed E-state index contributed by atoms with van der Waals surface area (Å²) in [4.78, 5) is 1.19. The molecule has 0 unspecified atom stereocenters. The highest BCUT2D eigenvalue weighted by Crippen LogP contribution is 2.23. The van der Waals surface area contributed by atoms with E-state index in [0.717, 1.165) is 10.2 Å². The normalized spacial score (nSPS) is 9.80. The minimum Gasteiger partial charge on any atom is -0.399 e. The van der Waals surface area contributed by atoms with Crippen molar-refractivity contribution in [3.8, 4) is 0 Å². The molecule has 10 heavy (non-hydrogen) atoms. The van der Waals surface area contributed by atoms with Crippen molar-refractivity contribution in [2.24, 2.45) is 0 Å². The number of hydrogen-bond acceptors (Lipinski definition) is 2. The van der Waals surface area contributed by atoms with Gasteiger partial charge in [-0.05, 0) is 24.5 Å². The van der Waals surface area contributed by atoms with Crippen LogP contribution in [0.5, 0.6) is 0 Å². The van der Waals surface area contributed by atoms with Crippen molar-refractivity contribution in [3.63, 3.8) is 0 Å². The third-order valence-electron chi connectivity index (χ3n) is 1.13. The standard InChI is InChI=1S/C7H8BrNS/c1-10-7-3-5(8)2-6(9)4-7/h2-4H,9H2,1H3. The number of thioether (sulfide) groups is 1. The Labute approximate surface area is 73.1 Å². The molecule has 1 aromatic carbocycles. The van der Waals surface area contributed by atoms with Gasteiger partial charge >= 0.3 is 0 Å². The van der Waals surface area contributed by atoms with Gasteiger partial charge in [-0.1, -0.05) is 15.9 Å². The number of nitrogen functional groups attached to an aromatic ring is 1. The van der Waals surface area contributed by atoms with Crippen LogP contribution in [0.15, 0.2) is 27.6 Å². The fraction of sp³-hybridized carbons (Fsp3) is 0.143. The van der Waals surface area contributed by atoms with Gasteiger partial charge in [0.05, 0.1) is 0 Å². The lowest BCUT2D eigenvalue weighted by molar-refractivity contribution is 1.44. The summed E-state index contributed by atoms with van der Waals surface area (Å²) in [5.41, 5.74) is 6.40. The topological polar surface area (TPSA) is 26.0 Å². The molecule has 0 bridgehead atoms. The van der Waals surface area contributed by atoms with Crippen molar-refractivity contribution in [1.82, 2.24) is 0 Å². The number of hydrogen-bond donors (Lipinski definition) is 1. The first-order valence-electron chi connectivity index (χ1n) is 2.82. The Kier molecular flexibility index (Phi) is 2.63. The lowest BCUT2D eigenvalue weighted by Crippen LogP contribution is -1.83. The molecule has 2 N–H and O–H groups in total. The summed E-state index contributed by atoms with van der Waals surface area (Å²) < 4.78 is 1.04. The molecular formula is C7H8BrNS. The van der Waals surface area contributed by atoms with Crippen molar-refractivity contribution in [2.75, 3.05) is 12.0 Å². The Morgan fingerprint density at radius 1 is 1.40 bits per heavy atom. The quantitative estimate of drug-likeness (QED) is 0.579. The molecular weight excluding hydrogens is 210 g/mol. The molecule has 0 radical (unpaired) electrons. The van der Waals surface area contributed by atoms with Gasteiger partial charge in [0.25, 0.3) is 0 Å². The molecule has 0 aliphatic heterocycles. The minimum atomic E-state index is 0.804.